The van der Waals surface area contributed by atoms with Crippen LogP contribution in [0.25, 0.3) is 0 Å². The van der Waals surface area contributed by atoms with Gasteiger partial charge in [-0.2, -0.15) is 0 Å². The van der Waals surface area contributed by atoms with E-state index in [1.54, 1.807) is 7.11 Å². The molecule has 1 fully saturated rings. The van der Waals surface area contributed by atoms with Crippen LogP contribution in [0, 0.1) is 0 Å². The number of amides is 2. The van der Waals surface area contributed by atoms with Crippen molar-refractivity contribution < 1.29 is 19.0 Å². The van der Waals surface area contributed by atoms with Gasteiger partial charge >= 0.3 is 6.03 Å². The van der Waals surface area contributed by atoms with Gasteiger partial charge in [0, 0.05) is 38.1 Å². The molecule has 2 atom stereocenters. The van der Waals surface area contributed by atoms with E-state index in [2.05, 4.69) is 10.6 Å². The minimum absolute atomic E-state index is 0.0499. The van der Waals surface area contributed by atoms with Gasteiger partial charge in [0.05, 0.1) is 6.10 Å². The number of urea groups is 1. The molecule has 6 nitrogen and oxygen atoms in total. The molecule has 2 N–H and O–H groups in total. The summed E-state index contributed by atoms with van der Waals surface area (Å²) in [7, 11) is 1.65. The highest BCUT2D eigenvalue weighted by molar-refractivity contribution is 5.89. The Balaban J connectivity index is 1.78. The molecule has 23 heavy (non-hydrogen) atoms. The first-order valence-electron chi connectivity index (χ1n) is 8.08. The molecule has 1 heterocycles. The van der Waals surface area contributed by atoms with E-state index in [1.165, 1.54) is 0 Å². The summed E-state index contributed by atoms with van der Waals surface area (Å²) in [5, 5.41) is 5.68. The SMILES string of the molecule is COCC[C@H](C)NC(=O)Nc1cccc(OC[C@H]2CCCO2)c1. The monoisotopic (exact) mass is 322 g/mol. The molecular weight excluding hydrogens is 296 g/mol. The highest BCUT2D eigenvalue weighted by Gasteiger charge is 2.16. The van der Waals surface area contributed by atoms with Gasteiger partial charge in [0.2, 0.25) is 0 Å². The van der Waals surface area contributed by atoms with E-state index < -0.39 is 0 Å². The molecule has 0 unspecified atom stereocenters. The van der Waals surface area contributed by atoms with Gasteiger partial charge in [0.1, 0.15) is 12.4 Å². The Morgan fingerprint density at radius 1 is 1.48 bits per heavy atom. The summed E-state index contributed by atoms with van der Waals surface area (Å²) < 4.78 is 16.3. The van der Waals surface area contributed by atoms with Gasteiger partial charge in [0.25, 0.3) is 0 Å². The quantitative estimate of drug-likeness (QED) is 0.772. The fourth-order valence-corrected chi connectivity index (χ4v) is 2.39. The number of anilines is 1. The Morgan fingerprint density at radius 2 is 2.35 bits per heavy atom. The number of methoxy groups -OCH3 is 1. The van der Waals surface area contributed by atoms with Crippen molar-refractivity contribution >= 4 is 11.7 Å². The van der Waals surface area contributed by atoms with Crippen molar-refractivity contribution in [2.24, 2.45) is 0 Å². The smallest absolute Gasteiger partial charge is 0.319 e. The first-order chi connectivity index (χ1) is 11.2. The molecule has 128 valence electrons. The maximum Gasteiger partial charge on any atom is 0.319 e. The maximum absolute atomic E-state index is 11.9. The summed E-state index contributed by atoms with van der Waals surface area (Å²) in [4.78, 5) is 11.9. The van der Waals surface area contributed by atoms with Crippen LogP contribution in [0.3, 0.4) is 0 Å². The Morgan fingerprint density at radius 3 is 3.09 bits per heavy atom. The van der Waals surface area contributed by atoms with Gasteiger partial charge in [-0.15, -0.1) is 0 Å². The summed E-state index contributed by atoms with van der Waals surface area (Å²) in [5.74, 6) is 0.728. The molecule has 1 aliphatic heterocycles. The number of ether oxygens (including phenoxy) is 3. The standard InChI is InChI=1S/C17H26N2O4/c1-13(8-10-21-2)18-17(20)19-14-5-3-6-15(11-14)23-12-16-7-4-9-22-16/h3,5-6,11,13,16H,4,7-10,12H2,1-2H3,(H2,18,19,20)/t13-,16+/m0/s1. The molecular formula is C17H26N2O4. The first-order valence-corrected chi connectivity index (χ1v) is 8.08. The lowest BCUT2D eigenvalue weighted by Crippen LogP contribution is -2.36. The highest BCUT2D eigenvalue weighted by Crippen LogP contribution is 2.19. The van der Waals surface area contributed by atoms with Crippen molar-refractivity contribution in [2.75, 3.05) is 32.2 Å². The number of carbonyl (C=O) groups is 1. The molecule has 0 spiro atoms. The minimum atomic E-state index is -0.232. The van der Waals surface area contributed by atoms with E-state index in [0.717, 1.165) is 31.6 Å². The zero-order valence-electron chi connectivity index (χ0n) is 13.8. The minimum Gasteiger partial charge on any atom is -0.491 e. The second-order valence-electron chi connectivity index (χ2n) is 5.75. The average Bonchev–Trinajstić information content (AvgIpc) is 3.04. The molecule has 1 saturated heterocycles. The summed E-state index contributed by atoms with van der Waals surface area (Å²) in [6.07, 6.45) is 3.09. The molecule has 1 aromatic carbocycles. The van der Waals surface area contributed by atoms with Crippen molar-refractivity contribution in [3.05, 3.63) is 24.3 Å². The van der Waals surface area contributed by atoms with Gasteiger partial charge in [-0.25, -0.2) is 4.79 Å². The lowest BCUT2D eigenvalue weighted by Gasteiger charge is -2.15. The molecule has 0 saturated carbocycles. The fraction of sp³-hybridized carbons (Fsp3) is 0.588. The third kappa shape index (κ3) is 6.46. The predicted molar refractivity (Wildman–Crippen MR) is 89.0 cm³/mol. The number of nitrogens with one attached hydrogen (secondary N) is 2. The molecule has 1 aromatic rings. The van der Waals surface area contributed by atoms with Crippen LogP contribution in [0.5, 0.6) is 5.75 Å². The molecule has 2 amide bonds. The van der Waals surface area contributed by atoms with Crippen LogP contribution in [0.1, 0.15) is 26.2 Å². The average molecular weight is 322 g/mol. The summed E-state index contributed by atoms with van der Waals surface area (Å²) >= 11 is 0. The van der Waals surface area contributed by atoms with Crippen molar-refractivity contribution in [1.82, 2.24) is 5.32 Å². The zero-order chi connectivity index (χ0) is 16.5. The normalized spacial score (nSPS) is 18.4. The number of rotatable bonds is 8. The van der Waals surface area contributed by atoms with Gasteiger partial charge in [-0.3, -0.25) is 0 Å². The Hall–Kier alpha value is -1.79. The highest BCUT2D eigenvalue weighted by atomic mass is 16.5. The summed E-state index contributed by atoms with van der Waals surface area (Å²) in [6.45, 7) is 3.93. The molecule has 0 radical (unpaired) electrons. The van der Waals surface area contributed by atoms with Crippen LogP contribution < -0.4 is 15.4 Å². The summed E-state index contributed by atoms with van der Waals surface area (Å²) in [5.41, 5.74) is 0.700. The van der Waals surface area contributed by atoms with Crippen molar-refractivity contribution in [1.29, 1.82) is 0 Å². The van der Waals surface area contributed by atoms with Crippen LogP contribution >= 0.6 is 0 Å². The second kappa shape index (κ2) is 9.37. The van der Waals surface area contributed by atoms with Gasteiger partial charge in [0.15, 0.2) is 0 Å². The van der Waals surface area contributed by atoms with Crippen molar-refractivity contribution in [3.8, 4) is 5.75 Å². The molecule has 0 bridgehead atoms. The van der Waals surface area contributed by atoms with Crippen LogP contribution in [0.2, 0.25) is 0 Å². The van der Waals surface area contributed by atoms with Crippen molar-refractivity contribution in [3.63, 3.8) is 0 Å². The molecule has 2 rings (SSSR count). The predicted octanol–water partition coefficient (Wildman–Crippen LogP) is 2.79. The Labute approximate surface area is 137 Å². The number of hydrogen-bond acceptors (Lipinski definition) is 4. The number of carbonyl (C=O) groups excluding carboxylic acids is 1. The Bertz CT molecular complexity index is 489. The van der Waals surface area contributed by atoms with Crippen molar-refractivity contribution in [2.45, 2.75) is 38.3 Å². The molecule has 0 aliphatic carbocycles. The van der Waals surface area contributed by atoms with Crippen LogP contribution in [-0.4, -0.2) is 45.1 Å². The maximum atomic E-state index is 11.9. The Kier molecular flexibility index (Phi) is 7.16. The van der Waals surface area contributed by atoms with E-state index in [-0.39, 0.29) is 18.2 Å². The van der Waals surface area contributed by atoms with Gasteiger partial charge in [-0.1, -0.05) is 6.07 Å². The van der Waals surface area contributed by atoms with E-state index in [9.17, 15) is 4.79 Å². The summed E-state index contributed by atoms with van der Waals surface area (Å²) in [6, 6.07) is 7.19. The second-order valence-corrected chi connectivity index (χ2v) is 5.75. The largest absolute Gasteiger partial charge is 0.491 e. The topological polar surface area (TPSA) is 68.8 Å². The van der Waals surface area contributed by atoms with E-state index in [4.69, 9.17) is 14.2 Å². The molecule has 6 heteroatoms. The first kappa shape index (κ1) is 17.6. The number of hydrogen-bond donors (Lipinski definition) is 2. The zero-order valence-corrected chi connectivity index (χ0v) is 13.8. The third-order valence-electron chi connectivity index (χ3n) is 3.68. The molecule has 0 aromatic heterocycles. The van der Waals surface area contributed by atoms with Gasteiger partial charge in [-0.05, 0) is 38.3 Å². The van der Waals surface area contributed by atoms with Crippen LogP contribution in [-0.2, 0) is 9.47 Å². The van der Waals surface area contributed by atoms with E-state index in [0.29, 0.717) is 18.9 Å². The third-order valence-corrected chi connectivity index (χ3v) is 3.68. The lowest BCUT2D eigenvalue weighted by atomic mass is 10.2. The van der Waals surface area contributed by atoms with Gasteiger partial charge < -0.3 is 24.8 Å². The van der Waals surface area contributed by atoms with Crippen LogP contribution in [0.15, 0.2) is 24.3 Å². The number of benzene rings is 1. The molecule has 1 aliphatic rings. The van der Waals surface area contributed by atoms with Crippen LogP contribution in [0.4, 0.5) is 10.5 Å². The van der Waals surface area contributed by atoms with E-state index in [1.807, 2.05) is 31.2 Å². The fourth-order valence-electron chi connectivity index (χ4n) is 2.39. The lowest BCUT2D eigenvalue weighted by molar-refractivity contribution is 0.0680. The van der Waals surface area contributed by atoms with E-state index >= 15 is 0 Å².